The summed E-state index contributed by atoms with van der Waals surface area (Å²) >= 11 is 6.04. The average Bonchev–Trinajstić information content (AvgIpc) is 2.32. The molecule has 0 saturated carbocycles. The summed E-state index contributed by atoms with van der Waals surface area (Å²) in [5.41, 5.74) is 8.46. The van der Waals surface area contributed by atoms with Crippen molar-refractivity contribution in [1.29, 1.82) is 0 Å². The standard InChI is InChI=1S/C14H14ClNOS/c1-10-3-2-4-11(7-10)9-18(17)14-8-12(16)5-6-13(14)15/h2-8H,9,16H2,1H3. The van der Waals surface area contributed by atoms with E-state index in [0.29, 0.717) is 21.4 Å². The van der Waals surface area contributed by atoms with Crippen molar-refractivity contribution < 1.29 is 4.21 Å². The Morgan fingerprint density at radius 1 is 1.22 bits per heavy atom. The number of nitrogen functional groups attached to an aromatic ring is 1. The first kappa shape index (κ1) is 13.1. The number of hydrogen-bond donors (Lipinski definition) is 1. The Hall–Kier alpha value is -1.32. The molecule has 0 fully saturated rings. The summed E-state index contributed by atoms with van der Waals surface area (Å²) < 4.78 is 12.3. The lowest BCUT2D eigenvalue weighted by atomic mass is 10.2. The van der Waals surface area contributed by atoms with E-state index >= 15 is 0 Å². The van der Waals surface area contributed by atoms with E-state index in [2.05, 4.69) is 0 Å². The molecule has 94 valence electrons. The molecule has 0 heterocycles. The molecule has 18 heavy (non-hydrogen) atoms. The van der Waals surface area contributed by atoms with Crippen LogP contribution < -0.4 is 5.73 Å². The van der Waals surface area contributed by atoms with Crippen LogP contribution in [0.5, 0.6) is 0 Å². The molecule has 4 heteroatoms. The largest absolute Gasteiger partial charge is 0.399 e. The van der Waals surface area contributed by atoms with Gasteiger partial charge in [-0.25, -0.2) is 0 Å². The minimum absolute atomic E-state index is 0.449. The van der Waals surface area contributed by atoms with E-state index < -0.39 is 10.8 Å². The van der Waals surface area contributed by atoms with Crippen LogP contribution in [0.4, 0.5) is 5.69 Å². The van der Waals surface area contributed by atoms with Crippen molar-refractivity contribution in [2.75, 3.05) is 5.73 Å². The summed E-state index contributed by atoms with van der Waals surface area (Å²) in [6, 6.07) is 13.0. The molecule has 2 aromatic carbocycles. The summed E-state index contributed by atoms with van der Waals surface area (Å²) in [5, 5.41) is 0.496. The lowest BCUT2D eigenvalue weighted by Crippen LogP contribution is -1.99. The van der Waals surface area contributed by atoms with Crippen LogP contribution in [0.15, 0.2) is 47.4 Å². The molecule has 0 aliphatic rings. The van der Waals surface area contributed by atoms with E-state index in [1.807, 2.05) is 31.2 Å². The van der Waals surface area contributed by atoms with Crippen LogP contribution in [0, 0.1) is 6.92 Å². The molecule has 1 atom stereocenters. The smallest absolute Gasteiger partial charge is 0.0598 e. The van der Waals surface area contributed by atoms with Gasteiger partial charge < -0.3 is 5.73 Å². The van der Waals surface area contributed by atoms with Crippen LogP contribution in [-0.4, -0.2) is 4.21 Å². The molecule has 2 aromatic rings. The zero-order valence-electron chi connectivity index (χ0n) is 10.0. The fourth-order valence-corrected chi connectivity index (χ4v) is 3.29. The summed E-state index contributed by atoms with van der Waals surface area (Å²) in [5.74, 6) is 0.449. The van der Waals surface area contributed by atoms with Crippen molar-refractivity contribution in [3.05, 3.63) is 58.6 Å². The summed E-state index contributed by atoms with van der Waals surface area (Å²) in [6.45, 7) is 2.01. The van der Waals surface area contributed by atoms with Crippen LogP contribution in [0.25, 0.3) is 0 Å². The third kappa shape index (κ3) is 3.12. The third-order valence-electron chi connectivity index (χ3n) is 2.58. The van der Waals surface area contributed by atoms with Crippen LogP contribution in [0.1, 0.15) is 11.1 Å². The average molecular weight is 280 g/mol. The van der Waals surface area contributed by atoms with Gasteiger partial charge in [0.05, 0.1) is 26.5 Å². The monoisotopic (exact) mass is 279 g/mol. The van der Waals surface area contributed by atoms with Gasteiger partial charge in [-0.2, -0.15) is 0 Å². The minimum atomic E-state index is -1.18. The summed E-state index contributed by atoms with van der Waals surface area (Å²) in [4.78, 5) is 0.596. The van der Waals surface area contributed by atoms with E-state index in [4.69, 9.17) is 17.3 Å². The van der Waals surface area contributed by atoms with E-state index in [-0.39, 0.29) is 0 Å². The van der Waals surface area contributed by atoms with Gasteiger partial charge in [-0.1, -0.05) is 41.4 Å². The topological polar surface area (TPSA) is 43.1 Å². The molecule has 0 spiro atoms. The Kier molecular flexibility index (Phi) is 4.04. The van der Waals surface area contributed by atoms with Gasteiger partial charge in [-0.15, -0.1) is 0 Å². The zero-order valence-corrected chi connectivity index (χ0v) is 11.6. The van der Waals surface area contributed by atoms with Crippen molar-refractivity contribution in [3.8, 4) is 0 Å². The first-order valence-electron chi connectivity index (χ1n) is 5.55. The highest BCUT2D eigenvalue weighted by atomic mass is 35.5. The molecule has 2 rings (SSSR count). The van der Waals surface area contributed by atoms with E-state index in [1.165, 1.54) is 0 Å². The van der Waals surface area contributed by atoms with Crippen LogP contribution in [-0.2, 0) is 16.6 Å². The molecule has 0 aromatic heterocycles. The van der Waals surface area contributed by atoms with Gasteiger partial charge in [-0.05, 0) is 30.7 Å². The van der Waals surface area contributed by atoms with Crippen molar-refractivity contribution in [2.24, 2.45) is 0 Å². The van der Waals surface area contributed by atoms with Gasteiger partial charge in [0.15, 0.2) is 0 Å². The minimum Gasteiger partial charge on any atom is -0.399 e. The van der Waals surface area contributed by atoms with E-state index in [1.54, 1.807) is 18.2 Å². The molecule has 0 aliphatic carbocycles. The molecule has 0 saturated heterocycles. The van der Waals surface area contributed by atoms with Crippen molar-refractivity contribution in [3.63, 3.8) is 0 Å². The third-order valence-corrected chi connectivity index (χ3v) is 4.45. The Balaban J connectivity index is 2.24. The van der Waals surface area contributed by atoms with Crippen molar-refractivity contribution in [2.45, 2.75) is 17.6 Å². The lowest BCUT2D eigenvalue weighted by molar-refractivity contribution is 0.682. The summed E-state index contributed by atoms with van der Waals surface area (Å²) in [7, 11) is -1.18. The maximum Gasteiger partial charge on any atom is 0.0598 e. The molecule has 0 bridgehead atoms. The normalized spacial score (nSPS) is 12.3. The molecule has 0 radical (unpaired) electrons. The van der Waals surface area contributed by atoms with Gasteiger partial charge in [0.2, 0.25) is 0 Å². The predicted octanol–water partition coefficient (Wildman–Crippen LogP) is 3.54. The highest BCUT2D eigenvalue weighted by Crippen LogP contribution is 2.24. The number of nitrogens with two attached hydrogens (primary N) is 1. The number of rotatable bonds is 3. The second-order valence-corrected chi connectivity index (χ2v) is 6.00. The zero-order chi connectivity index (χ0) is 13.1. The van der Waals surface area contributed by atoms with Crippen molar-refractivity contribution in [1.82, 2.24) is 0 Å². The van der Waals surface area contributed by atoms with Gasteiger partial charge in [0, 0.05) is 5.69 Å². The second-order valence-electron chi connectivity index (χ2n) is 4.17. The molecule has 2 N–H and O–H groups in total. The first-order valence-corrected chi connectivity index (χ1v) is 7.25. The molecular formula is C14H14ClNOS. The molecule has 1 unspecified atom stereocenters. The first-order chi connectivity index (χ1) is 8.56. The molecule has 0 amide bonds. The van der Waals surface area contributed by atoms with Gasteiger partial charge in [0.1, 0.15) is 0 Å². The quantitative estimate of drug-likeness (QED) is 0.874. The Morgan fingerprint density at radius 2 is 2.00 bits per heavy atom. The Labute approximate surface area is 114 Å². The molecular weight excluding hydrogens is 266 g/mol. The number of benzene rings is 2. The van der Waals surface area contributed by atoms with Crippen LogP contribution in [0.2, 0.25) is 5.02 Å². The van der Waals surface area contributed by atoms with Gasteiger partial charge >= 0.3 is 0 Å². The molecule has 2 nitrogen and oxygen atoms in total. The fraction of sp³-hybridized carbons (Fsp3) is 0.143. The maximum absolute atomic E-state index is 12.3. The van der Waals surface area contributed by atoms with Crippen LogP contribution in [0.3, 0.4) is 0 Å². The SMILES string of the molecule is Cc1cccc(CS(=O)c2cc(N)ccc2Cl)c1. The van der Waals surface area contributed by atoms with Crippen molar-refractivity contribution >= 4 is 28.1 Å². The van der Waals surface area contributed by atoms with Crippen LogP contribution >= 0.6 is 11.6 Å². The van der Waals surface area contributed by atoms with E-state index in [9.17, 15) is 4.21 Å². The summed E-state index contributed by atoms with van der Waals surface area (Å²) in [6.07, 6.45) is 0. The second kappa shape index (κ2) is 5.55. The number of hydrogen-bond acceptors (Lipinski definition) is 2. The highest BCUT2D eigenvalue weighted by molar-refractivity contribution is 7.84. The highest BCUT2D eigenvalue weighted by Gasteiger charge is 2.10. The maximum atomic E-state index is 12.3. The Morgan fingerprint density at radius 3 is 2.72 bits per heavy atom. The predicted molar refractivity (Wildman–Crippen MR) is 77.2 cm³/mol. The van der Waals surface area contributed by atoms with E-state index in [0.717, 1.165) is 11.1 Å². The van der Waals surface area contributed by atoms with Gasteiger partial charge in [0.25, 0.3) is 0 Å². The Bertz CT molecular complexity index is 598. The van der Waals surface area contributed by atoms with Gasteiger partial charge in [-0.3, -0.25) is 4.21 Å². The lowest BCUT2D eigenvalue weighted by Gasteiger charge is -2.06. The number of aryl methyl sites for hydroxylation is 1. The number of anilines is 1. The fourth-order valence-electron chi connectivity index (χ4n) is 1.73. The number of halogens is 1. The molecule has 0 aliphatic heterocycles.